The van der Waals surface area contributed by atoms with Gasteiger partial charge in [0.25, 0.3) is 5.91 Å². The van der Waals surface area contributed by atoms with E-state index in [1.807, 2.05) is 6.08 Å². The van der Waals surface area contributed by atoms with E-state index in [9.17, 15) is 9.59 Å². The first-order valence-electron chi connectivity index (χ1n) is 8.17. The molecule has 0 saturated carbocycles. The van der Waals surface area contributed by atoms with E-state index in [1.165, 1.54) is 23.1 Å². The van der Waals surface area contributed by atoms with Gasteiger partial charge < -0.3 is 5.11 Å². The first-order valence-corrected chi connectivity index (χ1v) is 9.39. The second kappa shape index (κ2) is 11.4. The van der Waals surface area contributed by atoms with Crippen molar-refractivity contribution < 1.29 is 14.7 Å². The van der Waals surface area contributed by atoms with Crippen LogP contribution in [0.2, 0.25) is 0 Å². The third kappa shape index (κ3) is 7.79. The molecule has 0 radical (unpaired) electrons. The molecule has 23 heavy (non-hydrogen) atoms. The van der Waals surface area contributed by atoms with Crippen molar-refractivity contribution in [1.29, 1.82) is 0 Å². The summed E-state index contributed by atoms with van der Waals surface area (Å²) in [5, 5.41) is 8.65. The number of aliphatic carboxylic acids is 1. The topological polar surface area (TPSA) is 57.6 Å². The maximum atomic E-state index is 12.2. The zero-order valence-electron chi connectivity index (χ0n) is 13.6. The average molecular weight is 356 g/mol. The summed E-state index contributed by atoms with van der Waals surface area (Å²) >= 11 is 6.53. The van der Waals surface area contributed by atoms with Gasteiger partial charge in [-0.25, -0.2) is 0 Å². The molecule has 1 N–H and O–H groups in total. The van der Waals surface area contributed by atoms with Crippen LogP contribution >= 0.6 is 24.0 Å². The summed E-state index contributed by atoms with van der Waals surface area (Å²) in [6.07, 6.45) is 13.4. The molecule has 1 amide bonds. The van der Waals surface area contributed by atoms with E-state index in [1.54, 1.807) is 0 Å². The molecule has 1 fully saturated rings. The van der Waals surface area contributed by atoms with Gasteiger partial charge in [0, 0.05) is 13.0 Å². The number of thioether (sulfide) groups is 1. The lowest BCUT2D eigenvalue weighted by Crippen LogP contribution is -2.29. The van der Waals surface area contributed by atoms with Gasteiger partial charge in [-0.3, -0.25) is 14.5 Å². The highest BCUT2D eigenvalue weighted by atomic mass is 32.2. The summed E-state index contributed by atoms with van der Waals surface area (Å²) in [7, 11) is 0. The highest BCUT2D eigenvalue weighted by molar-refractivity contribution is 8.26. The fourth-order valence-corrected chi connectivity index (χ4v) is 3.53. The highest BCUT2D eigenvalue weighted by Gasteiger charge is 2.31. The third-order valence-electron chi connectivity index (χ3n) is 3.45. The lowest BCUT2D eigenvalue weighted by molar-refractivity contribution is -0.137. The Bertz CT molecular complexity index is 486. The van der Waals surface area contributed by atoms with Crippen molar-refractivity contribution in [2.45, 2.75) is 58.3 Å². The maximum Gasteiger partial charge on any atom is 0.303 e. The van der Waals surface area contributed by atoms with Crippen molar-refractivity contribution in [2.75, 3.05) is 6.54 Å². The summed E-state index contributed by atoms with van der Waals surface area (Å²) in [6.45, 7) is 2.52. The first-order chi connectivity index (χ1) is 11.1. The van der Waals surface area contributed by atoms with Crippen molar-refractivity contribution in [1.82, 2.24) is 4.90 Å². The Balaban J connectivity index is 2.28. The van der Waals surface area contributed by atoms with Crippen LogP contribution in [0.15, 0.2) is 23.1 Å². The number of thiocarbonyl (C=S) groups is 1. The number of carbonyl (C=O) groups is 2. The smallest absolute Gasteiger partial charge is 0.303 e. The molecule has 0 aromatic rings. The van der Waals surface area contributed by atoms with E-state index in [0.717, 1.165) is 32.1 Å². The minimum atomic E-state index is -0.847. The van der Waals surface area contributed by atoms with Gasteiger partial charge in [-0.05, 0) is 38.5 Å². The summed E-state index contributed by atoms with van der Waals surface area (Å²) in [5.74, 6) is -0.920. The molecule has 0 aromatic heterocycles. The number of hydrogen-bond donors (Lipinski definition) is 1. The lowest BCUT2D eigenvalue weighted by atomic mass is 10.1. The molecule has 0 aromatic carbocycles. The quantitative estimate of drug-likeness (QED) is 0.256. The second-order valence-electron chi connectivity index (χ2n) is 5.41. The zero-order chi connectivity index (χ0) is 17.1. The Morgan fingerprint density at radius 2 is 1.96 bits per heavy atom. The van der Waals surface area contributed by atoms with Crippen molar-refractivity contribution >= 4 is 40.2 Å². The summed E-state index contributed by atoms with van der Waals surface area (Å²) < 4.78 is 0.538. The minimum absolute atomic E-state index is 0.0581. The maximum absolute atomic E-state index is 12.2. The van der Waals surface area contributed by atoms with E-state index in [-0.39, 0.29) is 12.3 Å². The predicted molar refractivity (Wildman–Crippen MR) is 99.4 cm³/mol. The van der Waals surface area contributed by atoms with Crippen LogP contribution in [0.3, 0.4) is 0 Å². The number of rotatable bonds is 11. The third-order valence-corrected chi connectivity index (χ3v) is 4.88. The molecule has 4 nitrogen and oxygen atoms in total. The van der Waals surface area contributed by atoms with Crippen LogP contribution in [-0.2, 0) is 9.59 Å². The van der Waals surface area contributed by atoms with Crippen LogP contribution in [0.4, 0.5) is 0 Å². The molecule has 1 aliphatic heterocycles. The average Bonchev–Trinajstić information content (AvgIpc) is 2.77. The van der Waals surface area contributed by atoms with E-state index >= 15 is 0 Å². The highest BCUT2D eigenvalue weighted by Crippen LogP contribution is 2.31. The van der Waals surface area contributed by atoms with Crippen LogP contribution in [0.1, 0.15) is 58.3 Å². The van der Waals surface area contributed by atoms with Crippen molar-refractivity contribution in [3.63, 3.8) is 0 Å². The number of carbonyl (C=O) groups excluding carboxylic acids is 1. The van der Waals surface area contributed by atoms with Gasteiger partial charge in [0.05, 0.1) is 4.91 Å². The molecule has 0 bridgehead atoms. The van der Waals surface area contributed by atoms with Crippen LogP contribution < -0.4 is 0 Å². The molecule has 6 heteroatoms. The van der Waals surface area contributed by atoms with E-state index in [4.69, 9.17) is 17.3 Å². The van der Waals surface area contributed by atoms with Gasteiger partial charge in [-0.1, -0.05) is 55.6 Å². The molecule has 128 valence electrons. The Hall–Kier alpha value is -1.14. The summed E-state index contributed by atoms with van der Waals surface area (Å²) in [5.41, 5.74) is 0. The van der Waals surface area contributed by atoms with Gasteiger partial charge in [-0.2, -0.15) is 0 Å². The SMILES string of the molecule is CC/C=C/CCCCC/C=C1\SC(=S)N(CCCC(=O)O)C1=O. The van der Waals surface area contributed by atoms with Gasteiger partial charge in [0.2, 0.25) is 0 Å². The monoisotopic (exact) mass is 355 g/mol. The number of carboxylic acid groups (broad SMARTS) is 1. The van der Waals surface area contributed by atoms with Gasteiger partial charge in [-0.15, -0.1) is 0 Å². The number of carboxylic acids is 1. The fraction of sp³-hybridized carbons (Fsp3) is 0.588. The van der Waals surface area contributed by atoms with Crippen LogP contribution in [0.25, 0.3) is 0 Å². The van der Waals surface area contributed by atoms with Gasteiger partial charge in [0.1, 0.15) is 4.32 Å². The first kappa shape index (κ1) is 19.9. The molecule has 0 atom stereocenters. The Morgan fingerprint density at radius 1 is 1.22 bits per heavy atom. The standard InChI is InChI=1S/C17H25NO3S2/c1-2-3-4-5-6-7-8-9-11-14-16(21)18(17(22)23-14)13-10-12-15(19)20/h3-4,11H,2,5-10,12-13H2,1H3,(H,19,20)/b4-3+,14-11-. The van der Waals surface area contributed by atoms with E-state index in [0.29, 0.717) is 22.2 Å². The van der Waals surface area contributed by atoms with Crippen molar-refractivity contribution in [3.8, 4) is 0 Å². The summed E-state index contributed by atoms with van der Waals surface area (Å²) in [4.78, 5) is 25.0. The Kier molecular flexibility index (Phi) is 9.87. The molecule has 1 aliphatic rings. The number of unbranched alkanes of at least 4 members (excludes halogenated alkanes) is 4. The number of allylic oxidation sites excluding steroid dienone is 3. The fourth-order valence-electron chi connectivity index (χ4n) is 2.22. The zero-order valence-corrected chi connectivity index (χ0v) is 15.3. The lowest BCUT2D eigenvalue weighted by Gasteiger charge is -2.13. The molecule has 0 unspecified atom stereocenters. The molecular formula is C17H25NO3S2. The van der Waals surface area contributed by atoms with Crippen molar-refractivity contribution in [2.24, 2.45) is 0 Å². The Labute approximate surface area is 148 Å². The van der Waals surface area contributed by atoms with E-state index in [2.05, 4.69) is 19.1 Å². The predicted octanol–water partition coefficient (Wildman–Crippen LogP) is 4.51. The van der Waals surface area contributed by atoms with Gasteiger partial charge in [0.15, 0.2) is 0 Å². The summed E-state index contributed by atoms with van der Waals surface area (Å²) in [6, 6.07) is 0. The molecule has 1 saturated heterocycles. The molecule has 1 rings (SSSR count). The largest absolute Gasteiger partial charge is 0.481 e. The normalized spacial score (nSPS) is 16.9. The molecule has 0 spiro atoms. The second-order valence-corrected chi connectivity index (χ2v) is 7.08. The van der Waals surface area contributed by atoms with Crippen LogP contribution in [-0.4, -0.2) is 32.7 Å². The van der Waals surface area contributed by atoms with E-state index < -0.39 is 5.97 Å². The molecular weight excluding hydrogens is 330 g/mol. The molecule has 1 heterocycles. The number of hydrogen-bond acceptors (Lipinski definition) is 4. The Morgan fingerprint density at radius 3 is 2.65 bits per heavy atom. The van der Waals surface area contributed by atoms with Gasteiger partial charge >= 0.3 is 5.97 Å². The molecule has 0 aliphatic carbocycles. The van der Waals surface area contributed by atoms with Crippen LogP contribution in [0, 0.1) is 0 Å². The van der Waals surface area contributed by atoms with Crippen molar-refractivity contribution in [3.05, 3.63) is 23.1 Å². The number of amides is 1. The number of nitrogens with zero attached hydrogens (tertiary/aromatic N) is 1. The minimum Gasteiger partial charge on any atom is -0.481 e. The van der Waals surface area contributed by atoms with Crippen LogP contribution in [0.5, 0.6) is 0 Å².